The number of rotatable bonds is 6. The van der Waals surface area contributed by atoms with E-state index in [9.17, 15) is 18.4 Å². The summed E-state index contributed by atoms with van der Waals surface area (Å²) < 4.78 is 32.8. The number of anilines is 1. The van der Waals surface area contributed by atoms with Gasteiger partial charge in [0.1, 0.15) is 29.6 Å². The Morgan fingerprint density at radius 2 is 1.68 bits per heavy atom. The van der Waals surface area contributed by atoms with Gasteiger partial charge in [-0.25, -0.2) is 8.78 Å². The summed E-state index contributed by atoms with van der Waals surface area (Å²) in [4.78, 5) is 24.6. The molecule has 1 N–H and O–H groups in total. The fourth-order valence-electron chi connectivity index (χ4n) is 2.24. The SMILES string of the molecule is COc1ccc(CNC(=O)CN(C(C)=O)c2c(F)cccc2F)cc1. The van der Waals surface area contributed by atoms with Crippen LogP contribution in [-0.2, 0) is 16.1 Å². The molecule has 0 unspecified atom stereocenters. The average molecular weight is 348 g/mol. The molecule has 7 heteroatoms. The summed E-state index contributed by atoms with van der Waals surface area (Å²) in [6.07, 6.45) is 0. The zero-order valence-electron chi connectivity index (χ0n) is 13.9. The Morgan fingerprint density at radius 3 is 2.20 bits per heavy atom. The van der Waals surface area contributed by atoms with E-state index in [0.717, 1.165) is 29.5 Å². The molecule has 0 saturated heterocycles. The molecule has 0 aromatic heterocycles. The van der Waals surface area contributed by atoms with E-state index in [1.165, 1.54) is 6.07 Å². The van der Waals surface area contributed by atoms with Gasteiger partial charge >= 0.3 is 0 Å². The summed E-state index contributed by atoms with van der Waals surface area (Å²) in [6.45, 7) is 0.875. The highest BCUT2D eigenvalue weighted by atomic mass is 19.1. The predicted molar refractivity (Wildman–Crippen MR) is 89.2 cm³/mol. The van der Waals surface area contributed by atoms with E-state index in [1.54, 1.807) is 31.4 Å². The number of halogens is 2. The van der Waals surface area contributed by atoms with E-state index in [-0.39, 0.29) is 6.54 Å². The number of amides is 2. The van der Waals surface area contributed by atoms with Crippen LogP contribution in [0.4, 0.5) is 14.5 Å². The first kappa shape index (κ1) is 18.4. The van der Waals surface area contributed by atoms with Gasteiger partial charge in [-0.3, -0.25) is 14.5 Å². The van der Waals surface area contributed by atoms with Crippen molar-refractivity contribution in [3.05, 3.63) is 59.7 Å². The van der Waals surface area contributed by atoms with Gasteiger partial charge in [-0.15, -0.1) is 0 Å². The van der Waals surface area contributed by atoms with E-state index < -0.39 is 35.7 Å². The number of methoxy groups -OCH3 is 1. The van der Waals surface area contributed by atoms with Crippen LogP contribution >= 0.6 is 0 Å². The third kappa shape index (κ3) is 4.76. The maximum Gasteiger partial charge on any atom is 0.240 e. The molecule has 0 spiro atoms. The van der Waals surface area contributed by atoms with Gasteiger partial charge in [0.05, 0.1) is 7.11 Å². The monoisotopic (exact) mass is 348 g/mol. The Bertz CT molecular complexity index is 743. The Balaban J connectivity index is 2.04. The van der Waals surface area contributed by atoms with Gasteiger partial charge < -0.3 is 10.1 Å². The second-order valence-corrected chi connectivity index (χ2v) is 5.30. The van der Waals surface area contributed by atoms with E-state index in [0.29, 0.717) is 5.75 Å². The number of carbonyl (C=O) groups is 2. The lowest BCUT2D eigenvalue weighted by Crippen LogP contribution is -2.40. The normalized spacial score (nSPS) is 10.2. The van der Waals surface area contributed by atoms with Gasteiger partial charge in [-0.1, -0.05) is 18.2 Å². The Hall–Kier alpha value is -2.96. The number of nitrogens with zero attached hydrogens (tertiary/aromatic N) is 1. The molecule has 2 rings (SSSR count). The largest absolute Gasteiger partial charge is 0.497 e. The van der Waals surface area contributed by atoms with Crippen molar-refractivity contribution < 1.29 is 23.1 Å². The van der Waals surface area contributed by atoms with Crippen molar-refractivity contribution in [2.75, 3.05) is 18.6 Å². The summed E-state index contributed by atoms with van der Waals surface area (Å²) in [5, 5.41) is 2.61. The molecule has 2 aromatic rings. The molecular formula is C18H18F2N2O3. The van der Waals surface area contributed by atoms with E-state index in [2.05, 4.69) is 5.32 Å². The minimum absolute atomic E-state index is 0.217. The van der Waals surface area contributed by atoms with E-state index in [4.69, 9.17) is 4.74 Å². The quantitative estimate of drug-likeness (QED) is 0.873. The predicted octanol–water partition coefficient (Wildman–Crippen LogP) is 2.64. The first-order valence-corrected chi connectivity index (χ1v) is 7.54. The van der Waals surface area contributed by atoms with Gasteiger partial charge in [-0.05, 0) is 29.8 Å². The van der Waals surface area contributed by atoms with Crippen molar-refractivity contribution >= 4 is 17.5 Å². The summed E-state index contributed by atoms with van der Waals surface area (Å²) in [5.41, 5.74) is 0.287. The van der Waals surface area contributed by atoms with Crippen molar-refractivity contribution in [3.63, 3.8) is 0 Å². The fraction of sp³-hybridized carbons (Fsp3) is 0.222. The highest BCUT2D eigenvalue weighted by Gasteiger charge is 2.22. The Labute approximate surface area is 144 Å². The van der Waals surface area contributed by atoms with Crippen LogP contribution < -0.4 is 15.0 Å². The molecule has 0 bridgehead atoms. The van der Waals surface area contributed by atoms with Crippen LogP contribution in [0.25, 0.3) is 0 Å². The van der Waals surface area contributed by atoms with Crippen LogP contribution in [0.5, 0.6) is 5.75 Å². The van der Waals surface area contributed by atoms with Crippen molar-refractivity contribution in [2.24, 2.45) is 0 Å². The van der Waals surface area contributed by atoms with Crippen LogP contribution in [-0.4, -0.2) is 25.5 Å². The zero-order chi connectivity index (χ0) is 18.4. The second-order valence-electron chi connectivity index (χ2n) is 5.30. The lowest BCUT2D eigenvalue weighted by molar-refractivity contribution is -0.123. The summed E-state index contributed by atoms with van der Waals surface area (Å²) in [6, 6.07) is 10.3. The minimum atomic E-state index is -0.904. The molecular weight excluding hydrogens is 330 g/mol. The zero-order valence-corrected chi connectivity index (χ0v) is 13.9. The molecule has 0 aliphatic carbocycles. The van der Waals surface area contributed by atoms with Gasteiger partial charge in [0.2, 0.25) is 11.8 Å². The molecule has 25 heavy (non-hydrogen) atoms. The van der Waals surface area contributed by atoms with Gasteiger partial charge in [0.25, 0.3) is 0 Å². The van der Waals surface area contributed by atoms with Crippen LogP contribution in [0, 0.1) is 11.6 Å². The van der Waals surface area contributed by atoms with Crippen LogP contribution in [0.1, 0.15) is 12.5 Å². The van der Waals surface area contributed by atoms with Gasteiger partial charge in [-0.2, -0.15) is 0 Å². The molecule has 132 valence electrons. The summed E-state index contributed by atoms with van der Waals surface area (Å²) in [7, 11) is 1.55. The number of carbonyl (C=O) groups excluding carboxylic acids is 2. The number of hydrogen-bond acceptors (Lipinski definition) is 3. The molecule has 2 amide bonds. The van der Waals surface area contributed by atoms with Crippen LogP contribution in [0.3, 0.4) is 0 Å². The molecule has 0 aliphatic rings. The molecule has 0 radical (unpaired) electrons. The molecule has 0 saturated carbocycles. The number of para-hydroxylation sites is 1. The smallest absolute Gasteiger partial charge is 0.240 e. The van der Waals surface area contributed by atoms with E-state index in [1.807, 2.05) is 0 Å². The van der Waals surface area contributed by atoms with Crippen molar-refractivity contribution in [2.45, 2.75) is 13.5 Å². The van der Waals surface area contributed by atoms with Gasteiger partial charge in [0, 0.05) is 13.5 Å². The number of benzene rings is 2. The third-order valence-electron chi connectivity index (χ3n) is 3.54. The molecule has 0 fully saturated rings. The summed E-state index contributed by atoms with van der Waals surface area (Å²) in [5.74, 6) is -2.29. The van der Waals surface area contributed by atoms with Crippen molar-refractivity contribution in [1.82, 2.24) is 5.32 Å². The lowest BCUT2D eigenvalue weighted by Gasteiger charge is -2.21. The van der Waals surface area contributed by atoms with Gasteiger partial charge in [0.15, 0.2) is 0 Å². The van der Waals surface area contributed by atoms with Crippen LogP contribution in [0.2, 0.25) is 0 Å². The lowest BCUT2D eigenvalue weighted by atomic mass is 10.2. The minimum Gasteiger partial charge on any atom is -0.497 e. The Kier molecular flexibility index (Phi) is 6.05. The molecule has 2 aromatic carbocycles. The van der Waals surface area contributed by atoms with Crippen LogP contribution in [0.15, 0.2) is 42.5 Å². The first-order chi connectivity index (χ1) is 11.9. The standard InChI is InChI=1S/C18H18F2N2O3/c1-12(23)22(18-15(19)4-3-5-16(18)20)11-17(24)21-10-13-6-8-14(25-2)9-7-13/h3-9H,10-11H2,1-2H3,(H,21,24). The van der Waals surface area contributed by atoms with Crippen molar-refractivity contribution in [3.8, 4) is 5.75 Å². The Morgan fingerprint density at radius 1 is 1.08 bits per heavy atom. The number of hydrogen-bond donors (Lipinski definition) is 1. The summed E-state index contributed by atoms with van der Waals surface area (Å²) >= 11 is 0. The van der Waals surface area contributed by atoms with Crippen molar-refractivity contribution in [1.29, 1.82) is 0 Å². The first-order valence-electron chi connectivity index (χ1n) is 7.54. The third-order valence-corrected chi connectivity index (χ3v) is 3.54. The fourth-order valence-corrected chi connectivity index (χ4v) is 2.24. The van der Waals surface area contributed by atoms with E-state index >= 15 is 0 Å². The maximum absolute atomic E-state index is 13.9. The number of ether oxygens (including phenoxy) is 1. The number of nitrogens with one attached hydrogen (secondary N) is 1. The second kappa shape index (κ2) is 8.23. The highest BCUT2D eigenvalue weighted by molar-refractivity contribution is 5.97. The molecule has 0 heterocycles. The molecule has 5 nitrogen and oxygen atoms in total. The highest BCUT2D eigenvalue weighted by Crippen LogP contribution is 2.23. The average Bonchev–Trinajstić information content (AvgIpc) is 2.59. The topological polar surface area (TPSA) is 58.6 Å². The maximum atomic E-state index is 13.9. The molecule has 0 atom stereocenters. The molecule has 0 aliphatic heterocycles.